The Kier molecular flexibility index (Phi) is 5.24. The molecular weight excluding hydrogens is 264 g/mol. The zero-order valence-corrected chi connectivity index (χ0v) is 11.9. The van der Waals surface area contributed by atoms with Gasteiger partial charge in [-0.15, -0.1) is 0 Å². The molecule has 2 heterocycles. The highest BCUT2D eigenvalue weighted by atomic mass is 32.2. The van der Waals surface area contributed by atoms with Gasteiger partial charge in [-0.05, 0) is 24.5 Å². The predicted molar refractivity (Wildman–Crippen MR) is 74.8 cm³/mol. The summed E-state index contributed by atoms with van der Waals surface area (Å²) in [6.45, 7) is 2.97. The summed E-state index contributed by atoms with van der Waals surface area (Å²) in [4.78, 5) is 11.6. The first-order chi connectivity index (χ1) is 9.20. The van der Waals surface area contributed by atoms with Gasteiger partial charge in [0.25, 0.3) is 0 Å². The number of carbonyl (C=O) groups excluding carboxylic acids is 1. The summed E-state index contributed by atoms with van der Waals surface area (Å²) in [5.74, 6) is 0.456. The second-order valence-corrected chi connectivity index (χ2v) is 5.53. The lowest BCUT2D eigenvalue weighted by atomic mass is 10.2. The molecule has 0 saturated carbocycles. The second kappa shape index (κ2) is 6.93. The van der Waals surface area contributed by atoms with Crippen molar-refractivity contribution in [3.63, 3.8) is 0 Å². The normalized spacial score (nSPS) is 15.9. The van der Waals surface area contributed by atoms with Crippen molar-refractivity contribution in [3.05, 3.63) is 17.5 Å². The topological polar surface area (TPSA) is 79.2 Å². The van der Waals surface area contributed by atoms with Crippen molar-refractivity contribution in [2.24, 2.45) is 0 Å². The van der Waals surface area contributed by atoms with E-state index in [0.29, 0.717) is 13.0 Å². The number of thioether (sulfide) groups is 1. The number of hydrogen-bond acceptors (Lipinski definition) is 5. The molecule has 0 aliphatic carbocycles. The minimum Gasteiger partial charge on any atom is -0.383 e. The van der Waals surface area contributed by atoms with Crippen molar-refractivity contribution in [2.75, 3.05) is 18.6 Å². The van der Waals surface area contributed by atoms with Gasteiger partial charge in [0.2, 0.25) is 5.91 Å². The lowest BCUT2D eigenvalue weighted by Crippen LogP contribution is -2.34. The van der Waals surface area contributed by atoms with Gasteiger partial charge in [-0.2, -0.15) is 16.9 Å². The Bertz CT molecular complexity index is 412. The average molecular weight is 284 g/mol. The van der Waals surface area contributed by atoms with E-state index in [0.717, 1.165) is 36.8 Å². The Hall–Kier alpha value is -1.05. The maximum Gasteiger partial charge on any atom is 0.249 e. The van der Waals surface area contributed by atoms with E-state index < -0.39 is 6.10 Å². The van der Waals surface area contributed by atoms with Crippen molar-refractivity contribution < 1.29 is 9.90 Å². The fourth-order valence-electron chi connectivity index (χ4n) is 1.99. The van der Waals surface area contributed by atoms with E-state index in [1.807, 2.05) is 17.0 Å². The van der Waals surface area contributed by atoms with Crippen LogP contribution in [0.2, 0.25) is 0 Å². The first-order valence-electron chi connectivity index (χ1n) is 6.41. The van der Waals surface area contributed by atoms with Gasteiger partial charge in [-0.1, -0.05) is 0 Å². The van der Waals surface area contributed by atoms with Crippen molar-refractivity contribution in [3.8, 4) is 0 Å². The molecule has 0 saturated heterocycles. The summed E-state index contributed by atoms with van der Waals surface area (Å²) in [7, 11) is 0. The zero-order valence-electron chi connectivity index (χ0n) is 11.1. The molecule has 6 nitrogen and oxygen atoms in total. The van der Waals surface area contributed by atoms with E-state index >= 15 is 0 Å². The van der Waals surface area contributed by atoms with Crippen LogP contribution in [0.4, 0.5) is 0 Å². The Labute approximate surface area is 116 Å². The van der Waals surface area contributed by atoms with E-state index in [-0.39, 0.29) is 5.91 Å². The Balaban J connectivity index is 1.81. The average Bonchev–Trinajstić information content (AvgIpc) is 2.84. The van der Waals surface area contributed by atoms with Gasteiger partial charge >= 0.3 is 0 Å². The van der Waals surface area contributed by atoms with Gasteiger partial charge in [0, 0.05) is 13.1 Å². The van der Waals surface area contributed by atoms with Gasteiger partial charge in [-0.3, -0.25) is 9.48 Å². The Morgan fingerprint density at radius 2 is 2.58 bits per heavy atom. The molecule has 1 atom stereocenters. The quantitative estimate of drug-likeness (QED) is 0.669. The van der Waals surface area contributed by atoms with Crippen LogP contribution in [0.5, 0.6) is 0 Å². The minimum atomic E-state index is -0.925. The minimum absolute atomic E-state index is 0.321. The van der Waals surface area contributed by atoms with E-state index in [2.05, 4.69) is 15.7 Å². The number of nitrogens with zero attached hydrogens (tertiary/aromatic N) is 2. The number of aromatic nitrogens is 2. The molecule has 2 rings (SSSR count). The first kappa shape index (κ1) is 14.4. The fraction of sp³-hybridized carbons (Fsp3) is 0.667. The molecule has 7 heteroatoms. The summed E-state index contributed by atoms with van der Waals surface area (Å²) in [5, 5.41) is 20.0. The molecule has 0 bridgehead atoms. The van der Waals surface area contributed by atoms with Crippen LogP contribution >= 0.6 is 11.8 Å². The molecule has 1 unspecified atom stereocenters. The Morgan fingerprint density at radius 3 is 3.32 bits per heavy atom. The van der Waals surface area contributed by atoms with E-state index in [4.69, 9.17) is 0 Å². The van der Waals surface area contributed by atoms with Gasteiger partial charge in [0.1, 0.15) is 6.10 Å². The molecule has 3 N–H and O–H groups in total. The fourth-order valence-corrected chi connectivity index (χ4v) is 2.45. The number of hydrogen-bond donors (Lipinski definition) is 3. The molecule has 0 aromatic carbocycles. The highest BCUT2D eigenvalue weighted by molar-refractivity contribution is 7.98. The van der Waals surface area contributed by atoms with E-state index in [9.17, 15) is 9.90 Å². The van der Waals surface area contributed by atoms with Gasteiger partial charge in [0.15, 0.2) is 0 Å². The van der Waals surface area contributed by atoms with Crippen LogP contribution in [0.15, 0.2) is 6.07 Å². The van der Waals surface area contributed by atoms with Gasteiger partial charge < -0.3 is 15.7 Å². The van der Waals surface area contributed by atoms with Gasteiger partial charge in [-0.25, -0.2) is 0 Å². The molecule has 1 aliphatic rings. The van der Waals surface area contributed by atoms with Crippen LogP contribution in [0.3, 0.4) is 0 Å². The third-order valence-electron chi connectivity index (χ3n) is 3.06. The number of aliphatic hydroxyl groups is 1. The van der Waals surface area contributed by atoms with E-state index in [1.54, 1.807) is 11.8 Å². The molecule has 1 aliphatic heterocycles. The van der Waals surface area contributed by atoms with Crippen LogP contribution in [-0.4, -0.2) is 45.5 Å². The molecule has 1 amide bonds. The summed E-state index contributed by atoms with van der Waals surface area (Å²) in [6.07, 6.45) is 1.51. The third-order valence-corrected chi connectivity index (χ3v) is 3.71. The smallest absolute Gasteiger partial charge is 0.249 e. The molecule has 106 valence electrons. The second-order valence-electron chi connectivity index (χ2n) is 4.54. The number of nitrogens with one attached hydrogen (secondary N) is 2. The molecule has 1 aromatic rings. The number of fused-ring (bicyclic) bond motifs is 1. The molecule has 0 radical (unpaired) electrons. The predicted octanol–water partition coefficient (Wildman–Crippen LogP) is -0.283. The molecular formula is C12H20N4O2S. The summed E-state index contributed by atoms with van der Waals surface area (Å²) in [5.41, 5.74) is 1.97. The maximum atomic E-state index is 11.6. The van der Waals surface area contributed by atoms with Crippen molar-refractivity contribution >= 4 is 17.7 Å². The van der Waals surface area contributed by atoms with Crippen LogP contribution in [0.1, 0.15) is 17.8 Å². The number of aliphatic hydroxyl groups excluding tert-OH is 1. The molecule has 0 spiro atoms. The highest BCUT2D eigenvalue weighted by Gasteiger charge is 2.16. The summed E-state index contributed by atoms with van der Waals surface area (Å²) in [6, 6.07) is 1.99. The van der Waals surface area contributed by atoms with Crippen LogP contribution in [-0.2, 0) is 24.4 Å². The van der Waals surface area contributed by atoms with Crippen molar-refractivity contribution in [2.45, 2.75) is 32.2 Å². The molecule has 19 heavy (non-hydrogen) atoms. The lowest BCUT2D eigenvalue weighted by molar-refractivity contribution is -0.129. The summed E-state index contributed by atoms with van der Waals surface area (Å²) < 4.78 is 1.96. The molecule has 0 fully saturated rings. The van der Waals surface area contributed by atoms with E-state index in [1.165, 1.54) is 0 Å². The Morgan fingerprint density at radius 1 is 1.74 bits per heavy atom. The number of carbonyl (C=O) groups is 1. The number of amides is 1. The van der Waals surface area contributed by atoms with Crippen LogP contribution in [0, 0.1) is 0 Å². The maximum absolute atomic E-state index is 11.6. The monoisotopic (exact) mass is 284 g/mol. The van der Waals surface area contributed by atoms with Crippen molar-refractivity contribution in [1.82, 2.24) is 20.4 Å². The lowest BCUT2D eigenvalue weighted by Gasteiger charge is -2.13. The molecule has 1 aromatic heterocycles. The standard InChI is InChI=1S/C12H20N4O2S/c1-19-5-2-11(17)12(18)14-7-9-6-10-8-13-3-4-16(10)15-9/h6,11,13,17H,2-5,7-8H2,1H3,(H,14,18). The SMILES string of the molecule is CSCCC(O)C(=O)NCc1cc2n(n1)CCNC2. The van der Waals surface area contributed by atoms with Crippen LogP contribution < -0.4 is 10.6 Å². The zero-order chi connectivity index (χ0) is 13.7. The first-order valence-corrected chi connectivity index (χ1v) is 7.81. The number of rotatable bonds is 6. The summed E-state index contributed by atoms with van der Waals surface area (Å²) >= 11 is 1.62. The van der Waals surface area contributed by atoms with Crippen molar-refractivity contribution in [1.29, 1.82) is 0 Å². The third kappa shape index (κ3) is 3.95. The highest BCUT2D eigenvalue weighted by Crippen LogP contribution is 2.07. The van der Waals surface area contributed by atoms with Gasteiger partial charge in [0.05, 0.1) is 24.5 Å². The van der Waals surface area contributed by atoms with Crippen LogP contribution in [0.25, 0.3) is 0 Å². The largest absolute Gasteiger partial charge is 0.383 e.